The molecule has 0 amide bonds. The molecule has 0 radical (unpaired) electrons. The molecule has 0 unspecified atom stereocenters. The summed E-state index contributed by atoms with van der Waals surface area (Å²) in [6.07, 6.45) is 1.05. The molecule has 2 atom stereocenters. The van der Waals surface area contributed by atoms with Crippen LogP contribution in [-0.4, -0.2) is 44.1 Å². The van der Waals surface area contributed by atoms with E-state index >= 15 is 0 Å². The van der Waals surface area contributed by atoms with E-state index in [1.165, 1.54) is 11.3 Å². The minimum absolute atomic E-state index is 0.127. The third-order valence-corrected chi connectivity index (χ3v) is 4.50. The molecule has 3 rings (SSSR count). The molecular weight excluding hydrogens is 306 g/mol. The number of aromatic nitrogens is 4. The smallest absolute Gasteiger partial charge is 0.246 e. The van der Waals surface area contributed by atoms with Crippen molar-refractivity contribution in [2.24, 2.45) is 0 Å². The fourth-order valence-electron chi connectivity index (χ4n) is 3.36. The van der Waals surface area contributed by atoms with Gasteiger partial charge in [-0.05, 0) is 27.2 Å². The van der Waals surface area contributed by atoms with Crippen molar-refractivity contribution >= 4 is 0 Å². The highest BCUT2D eigenvalue weighted by atomic mass is 16.5. The van der Waals surface area contributed by atoms with Crippen molar-refractivity contribution in [2.75, 3.05) is 13.1 Å². The van der Waals surface area contributed by atoms with Crippen molar-refractivity contribution in [3.05, 3.63) is 28.7 Å². The van der Waals surface area contributed by atoms with Crippen LogP contribution in [0.2, 0.25) is 0 Å². The second kappa shape index (κ2) is 7.03. The van der Waals surface area contributed by atoms with Crippen LogP contribution >= 0.6 is 0 Å². The van der Waals surface area contributed by atoms with Crippen LogP contribution in [0.4, 0.5) is 0 Å². The van der Waals surface area contributed by atoms with Crippen LogP contribution in [0.15, 0.2) is 4.42 Å². The molecule has 0 aromatic carbocycles. The van der Waals surface area contributed by atoms with Crippen molar-refractivity contribution in [1.29, 1.82) is 0 Å². The van der Waals surface area contributed by atoms with Gasteiger partial charge in [0.05, 0.1) is 11.8 Å². The standard InChI is InChI=1S/C17H27N5O2/c1-6-7-22-13(4)15(12(3)20-22)9-21-8-11(2)23-16(10-21)17-19-18-14(5)24-17/h11,16H,6-10H2,1-5H3/t11-,16-/m1/s1. The van der Waals surface area contributed by atoms with Gasteiger partial charge in [0.1, 0.15) is 6.10 Å². The fourth-order valence-corrected chi connectivity index (χ4v) is 3.36. The van der Waals surface area contributed by atoms with Crippen molar-refractivity contribution in [3.63, 3.8) is 0 Å². The Morgan fingerprint density at radius 2 is 1.96 bits per heavy atom. The lowest BCUT2D eigenvalue weighted by molar-refractivity contribution is -0.0918. The maximum absolute atomic E-state index is 6.00. The minimum Gasteiger partial charge on any atom is -0.423 e. The van der Waals surface area contributed by atoms with Crippen LogP contribution in [0.25, 0.3) is 0 Å². The van der Waals surface area contributed by atoms with Gasteiger partial charge in [0, 0.05) is 44.4 Å². The summed E-state index contributed by atoms with van der Waals surface area (Å²) < 4.78 is 13.7. The van der Waals surface area contributed by atoms with Crippen molar-refractivity contribution in [1.82, 2.24) is 24.9 Å². The van der Waals surface area contributed by atoms with Gasteiger partial charge in [-0.25, -0.2) is 0 Å². The minimum atomic E-state index is -0.166. The number of rotatable bonds is 5. The van der Waals surface area contributed by atoms with E-state index in [2.05, 4.69) is 52.6 Å². The van der Waals surface area contributed by atoms with E-state index in [1.807, 2.05) is 0 Å². The van der Waals surface area contributed by atoms with Gasteiger partial charge in [0.15, 0.2) is 0 Å². The Bertz CT molecular complexity index is 693. The largest absolute Gasteiger partial charge is 0.423 e. The van der Waals surface area contributed by atoms with E-state index in [1.54, 1.807) is 6.92 Å². The van der Waals surface area contributed by atoms with Gasteiger partial charge >= 0.3 is 0 Å². The molecule has 24 heavy (non-hydrogen) atoms. The first kappa shape index (κ1) is 17.1. The molecule has 132 valence electrons. The third kappa shape index (κ3) is 3.52. The molecule has 7 nitrogen and oxygen atoms in total. The number of hydrogen-bond acceptors (Lipinski definition) is 6. The molecule has 2 aromatic rings. The molecule has 0 saturated carbocycles. The lowest BCUT2D eigenvalue weighted by atomic mass is 10.1. The maximum Gasteiger partial charge on any atom is 0.246 e. The van der Waals surface area contributed by atoms with Crippen LogP contribution in [-0.2, 0) is 17.8 Å². The van der Waals surface area contributed by atoms with Crippen molar-refractivity contribution in [3.8, 4) is 0 Å². The lowest BCUT2D eigenvalue weighted by Crippen LogP contribution is -2.42. The number of ether oxygens (including phenoxy) is 1. The molecule has 0 spiro atoms. The lowest BCUT2D eigenvalue weighted by Gasteiger charge is -2.35. The Morgan fingerprint density at radius 1 is 1.17 bits per heavy atom. The molecule has 1 fully saturated rings. The third-order valence-electron chi connectivity index (χ3n) is 4.50. The molecule has 3 heterocycles. The average Bonchev–Trinajstić information content (AvgIpc) is 3.07. The Labute approximate surface area is 143 Å². The average molecular weight is 333 g/mol. The summed E-state index contributed by atoms with van der Waals surface area (Å²) in [5, 5.41) is 12.7. The summed E-state index contributed by atoms with van der Waals surface area (Å²) in [5.74, 6) is 1.14. The molecule has 1 aliphatic rings. The number of aryl methyl sites for hydroxylation is 3. The predicted octanol–water partition coefficient (Wildman–Crippen LogP) is 2.56. The first-order chi connectivity index (χ1) is 11.5. The molecule has 2 aromatic heterocycles. The quantitative estimate of drug-likeness (QED) is 0.837. The van der Waals surface area contributed by atoms with Gasteiger partial charge in [0.25, 0.3) is 0 Å². The second-order valence-corrected chi connectivity index (χ2v) is 6.66. The van der Waals surface area contributed by atoms with Crippen LogP contribution in [0.5, 0.6) is 0 Å². The Hall–Kier alpha value is -1.73. The summed E-state index contributed by atoms with van der Waals surface area (Å²) in [7, 11) is 0. The highest BCUT2D eigenvalue weighted by Crippen LogP contribution is 2.26. The fraction of sp³-hybridized carbons (Fsp3) is 0.706. The SMILES string of the molecule is CCCn1nc(C)c(CN2C[C@@H](C)O[C@@H](c3nnc(C)o3)C2)c1C. The molecule has 0 bridgehead atoms. The van der Waals surface area contributed by atoms with Crippen molar-refractivity contribution < 1.29 is 9.15 Å². The van der Waals surface area contributed by atoms with Gasteiger partial charge in [-0.15, -0.1) is 10.2 Å². The van der Waals surface area contributed by atoms with Crippen molar-refractivity contribution in [2.45, 2.75) is 66.3 Å². The molecule has 7 heteroatoms. The highest BCUT2D eigenvalue weighted by Gasteiger charge is 2.30. The van der Waals surface area contributed by atoms with E-state index in [4.69, 9.17) is 9.15 Å². The van der Waals surface area contributed by atoms with E-state index in [0.29, 0.717) is 11.8 Å². The monoisotopic (exact) mass is 333 g/mol. The van der Waals surface area contributed by atoms with Gasteiger partial charge in [0.2, 0.25) is 11.8 Å². The zero-order valence-electron chi connectivity index (χ0n) is 15.2. The summed E-state index contributed by atoms with van der Waals surface area (Å²) in [6.45, 7) is 13.8. The molecular formula is C17H27N5O2. The normalized spacial score (nSPS) is 22.2. The second-order valence-electron chi connectivity index (χ2n) is 6.66. The Balaban J connectivity index is 1.75. The Morgan fingerprint density at radius 3 is 2.62 bits per heavy atom. The zero-order valence-corrected chi connectivity index (χ0v) is 15.2. The Kier molecular flexibility index (Phi) is 5.01. The van der Waals surface area contributed by atoms with Gasteiger partial charge in [-0.2, -0.15) is 5.10 Å². The summed E-state index contributed by atoms with van der Waals surface area (Å²) in [4.78, 5) is 2.39. The summed E-state index contributed by atoms with van der Waals surface area (Å²) >= 11 is 0. The van der Waals surface area contributed by atoms with E-state index in [0.717, 1.165) is 38.3 Å². The van der Waals surface area contributed by atoms with Crippen LogP contribution in [0, 0.1) is 20.8 Å². The predicted molar refractivity (Wildman–Crippen MR) is 89.6 cm³/mol. The molecule has 0 N–H and O–H groups in total. The van der Waals surface area contributed by atoms with Gasteiger partial charge < -0.3 is 9.15 Å². The van der Waals surface area contributed by atoms with E-state index < -0.39 is 0 Å². The molecule has 0 aliphatic carbocycles. The van der Waals surface area contributed by atoms with Gasteiger partial charge in [-0.3, -0.25) is 9.58 Å². The number of nitrogens with zero attached hydrogens (tertiary/aromatic N) is 5. The van der Waals surface area contributed by atoms with E-state index in [9.17, 15) is 0 Å². The molecule has 1 aliphatic heterocycles. The number of hydrogen-bond donors (Lipinski definition) is 0. The zero-order chi connectivity index (χ0) is 17.3. The highest BCUT2D eigenvalue weighted by molar-refractivity contribution is 5.24. The molecule has 1 saturated heterocycles. The van der Waals surface area contributed by atoms with Gasteiger partial charge in [-0.1, -0.05) is 6.92 Å². The number of morpholine rings is 1. The van der Waals surface area contributed by atoms with E-state index in [-0.39, 0.29) is 12.2 Å². The van der Waals surface area contributed by atoms with Crippen LogP contribution in [0.3, 0.4) is 0 Å². The summed E-state index contributed by atoms with van der Waals surface area (Å²) in [5.41, 5.74) is 3.70. The maximum atomic E-state index is 6.00. The first-order valence-electron chi connectivity index (χ1n) is 8.68. The first-order valence-corrected chi connectivity index (χ1v) is 8.68. The van der Waals surface area contributed by atoms with Crippen LogP contribution in [0.1, 0.15) is 55.1 Å². The topological polar surface area (TPSA) is 69.2 Å². The van der Waals surface area contributed by atoms with Crippen LogP contribution < -0.4 is 0 Å². The summed E-state index contributed by atoms with van der Waals surface area (Å²) in [6, 6.07) is 0.